The molecule has 2 aromatic carbocycles. The summed E-state index contributed by atoms with van der Waals surface area (Å²) in [6.45, 7) is 8.02. The van der Waals surface area contributed by atoms with Gasteiger partial charge in [-0.15, -0.1) is 0 Å². The van der Waals surface area contributed by atoms with Crippen LogP contribution >= 0.6 is 23.5 Å². The van der Waals surface area contributed by atoms with E-state index in [1.807, 2.05) is 49.5 Å². The van der Waals surface area contributed by atoms with Gasteiger partial charge in [0.2, 0.25) is 0 Å². The number of phenols is 2. The fourth-order valence-corrected chi connectivity index (χ4v) is 4.91. The van der Waals surface area contributed by atoms with Gasteiger partial charge in [0.25, 0.3) is 0 Å². The summed E-state index contributed by atoms with van der Waals surface area (Å²) in [7, 11) is 0. The molecule has 0 aliphatic carbocycles. The maximum Gasteiger partial charge on any atom is 0.122 e. The average molecular weight is 363 g/mol. The van der Waals surface area contributed by atoms with Gasteiger partial charge in [-0.1, -0.05) is 35.4 Å². The molecule has 2 rings (SSSR count). The van der Waals surface area contributed by atoms with Crippen molar-refractivity contribution < 1.29 is 10.2 Å². The fourth-order valence-electron chi connectivity index (χ4n) is 2.80. The number of aromatic hydroxyl groups is 2. The summed E-state index contributed by atoms with van der Waals surface area (Å²) in [6, 6.07) is 8.15. The first-order valence-corrected chi connectivity index (χ1v) is 10.4. The van der Waals surface area contributed by atoms with Crippen LogP contribution in [0.2, 0.25) is 0 Å². The molecule has 0 aromatic heterocycles. The summed E-state index contributed by atoms with van der Waals surface area (Å²) >= 11 is 3.68. The van der Waals surface area contributed by atoms with Gasteiger partial charge in [-0.2, -0.15) is 23.5 Å². The largest absolute Gasteiger partial charge is 0.507 e. The molecule has 0 fully saturated rings. The van der Waals surface area contributed by atoms with E-state index in [-0.39, 0.29) is 0 Å². The highest BCUT2D eigenvalue weighted by atomic mass is 32.2. The smallest absolute Gasteiger partial charge is 0.122 e. The second kappa shape index (κ2) is 8.72. The number of hydrogen-bond acceptors (Lipinski definition) is 4. The molecule has 0 amide bonds. The normalized spacial score (nSPS) is 11.0. The Morgan fingerprint density at radius 2 is 1.04 bits per heavy atom. The molecule has 0 spiro atoms. The summed E-state index contributed by atoms with van der Waals surface area (Å²) in [4.78, 5) is 0. The molecule has 2 nitrogen and oxygen atoms in total. The molecule has 0 radical (unpaired) electrons. The van der Waals surface area contributed by atoms with E-state index in [0.29, 0.717) is 11.5 Å². The number of phenolic OH excluding ortho intramolecular Hbond substituents is 2. The van der Waals surface area contributed by atoms with Gasteiger partial charge in [0.1, 0.15) is 11.5 Å². The Bertz CT molecular complexity index is 650. The lowest BCUT2D eigenvalue weighted by molar-refractivity contribution is 0.466. The van der Waals surface area contributed by atoms with Crippen LogP contribution in [0.1, 0.15) is 33.4 Å². The van der Waals surface area contributed by atoms with Crippen molar-refractivity contribution in [3.63, 3.8) is 0 Å². The van der Waals surface area contributed by atoms with Crippen LogP contribution in [-0.2, 0) is 11.5 Å². The van der Waals surface area contributed by atoms with Gasteiger partial charge in [0.15, 0.2) is 0 Å². The molecule has 0 aliphatic heterocycles. The first kappa shape index (κ1) is 19.1. The standard InChI is InChI=1S/C20H26O2S2/c1-13-7-15(3)19(21)17(9-13)11-23-5-6-24-12-18-10-14(2)8-16(4)20(18)22/h7-10,21-22H,5-6,11-12H2,1-4H3. The summed E-state index contributed by atoms with van der Waals surface area (Å²) in [5.41, 5.74) is 6.33. The fraction of sp³-hybridized carbons (Fsp3) is 0.400. The van der Waals surface area contributed by atoms with E-state index in [2.05, 4.69) is 26.0 Å². The SMILES string of the molecule is Cc1cc(C)c(O)c(CSCCSCc2cc(C)cc(C)c2O)c1. The van der Waals surface area contributed by atoms with Gasteiger partial charge in [0.05, 0.1) is 0 Å². The third-order valence-electron chi connectivity index (χ3n) is 3.93. The van der Waals surface area contributed by atoms with Crippen molar-refractivity contribution in [2.24, 2.45) is 0 Å². The minimum absolute atomic E-state index is 0.431. The average Bonchev–Trinajstić information content (AvgIpc) is 2.51. The van der Waals surface area contributed by atoms with Crippen molar-refractivity contribution in [3.05, 3.63) is 57.6 Å². The predicted octanol–water partition coefficient (Wildman–Crippen LogP) is 5.50. The van der Waals surface area contributed by atoms with E-state index in [4.69, 9.17) is 0 Å². The molecule has 0 aliphatic rings. The Hall–Kier alpha value is -1.26. The van der Waals surface area contributed by atoms with E-state index in [1.165, 1.54) is 11.1 Å². The van der Waals surface area contributed by atoms with Crippen LogP contribution in [0.4, 0.5) is 0 Å². The number of benzene rings is 2. The lowest BCUT2D eigenvalue weighted by atomic mass is 10.1. The van der Waals surface area contributed by atoms with Crippen molar-refractivity contribution >= 4 is 23.5 Å². The minimum atomic E-state index is 0.431. The van der Waals surface area contributed by atoms with E-state index in [1.54, 1.807) is 0 Å². The van der Waals surface area contributed by atoms with Crippen LogP contribution in [0, 0.1) is 27.7 Å². The molecule has 24 heavy (non-hydrogen) atoms. The van der Waals surface area contributed by atoms with Crippen molar-refractivity contribution in [2.75, 3.05) is 11.5 Å². The maximum atomic E-state index is 10.1. The quantitative estimate of drug-likeness (QED) is 0.638. The van der Waals surface area contributed by atoms with Crippen LogP contribution in [0.5, 0.6) is 11.5 Å². The Morgan fingerprint density at radius 1 is 0.667 bits per heavy atom. The van der Waals surface area contributed by atoms with Gasteiger partial charge >= 0.3 is 0 Å². The Labute approximate surface area is 153 Å². The van der Waals surface area contributed by atoms with Crippen molar-refractivity contribution in [2.45, 2.75) is 39.2 Å². The topological polar surface area (TPSA) is 40.5 Å². The van der Waals surface area contributed by atoms with E-state index in [0.717, 1.165) is 45.3 Å². The molecule has 0 saturated heterocycles. The first-order valence-electron chi connectivity index (χ1n) is 8.12. The molecule has 0 heterocycles. The monoisotopic (exact) mass is 362 g/mol. The van der Waals surface area contributed by atoms with Crippen molar-refractivity contribution in [1.29, 1.82) is 0 Å². The molecule has 0 atom stereocenters. The lowest BCUT2D eigenvalue weighted by Crippen LogP contribution is -1.92. The van der Waals surface area contributed by atoms with Gasteiger partial charge in [0, 0.05) is 34.1 Å². The molecule has 0 bridgehead atoms. The summed E-state index contributed by atoms with van der Waals surface area (Å²) in [5, 5.41) is 20.2. The van der Waals surface area contributed by atoms with E-state index < -0.39 is 0 Å². The lowest BCUT2D eigenvalue weighted by Gasteiger charge is -2.10. The minimum Gasteiger partial charge on any atom is -0.507 e. The summed E-state index contributed by atoms with van der Waals surface area (Å²) in [5.74, 6) is 4.60. The zero-order valence-corrected chi connectivity index (χ0v) is 16.5. The zero-order chi connectivity index (χ0) is 17.7. The van der Waals surface area contributed by atoms with Gasteiger partial charge < -0.3 is 10.2 Å². The second-order valence-electron chi connectivity index (χ2n) is 6.28. The van der Waals surface area contributed by atoms with Crippen LogP contribution in [0.3, 0.4) is 0 Å². The highest BCUT2D eigenvalue weighted by Gasteiger charge is 2.07. The molecule has 4 heteroatoms. The first-order chi connectivity index (χ1) is 11.4. The molecule has 2 N–H and O–H groups in total. The highest BCUT2D eigenvalue weighted by Crippen LogP contribution is 2.29. The molecule has 2 aromatic rings. The predicted molar refractivity (Wildman–Crippen MR) is 107 cm³/mol. The molecule has 0 unspecified atom stereocenters. The maximum absolute atomic E-state index is 10.1. The third kappa shape index (κ3) is 5.12. The molecule has 130 valence electrons. The van der Waals surface area contributed by atoms with Gasteiger partial charge in [-0.25, -0.2) is 0 Å². The van der Waals surface area contributed by atoms with Crippen LogP contribution < -0.4 is 0 Å². The number of hydrogen-bond donors (Lipinski definition) is 2. The van der Waals surface area contributed by atoms with Gasteiger partial charge in [-0.05, 0) is 38.8 Å². The summed E-state index contributed by atoms with van der Waals surface area (Å²) in [6.07, 6.45) is 0. The van der Waals surface area contributed by atoms with Crippen molar-refractivity contribution in [1.82, 2.24) is 0 Å². The summed E-state index contributed by atoms with van der Waals surface area (Å²) < 4.78 is 0. The van der Waals surface area contributed by atoms with Crippen LogP contribution in [0.15, 0.2) is 24.3 Å². The number of aryl methyl sites for hydroxylation is 4. The second-order valence-corrected chi connectivity index (χ2v) is 8.49. The molecule has 0 saturated carbocycles. The van der Waals surface area contributed by atoms with Gasteiger partial charge in [-0.3, -0.25) is 0 Å². The number of rotatable bonds is 7. The highest BCUT2D eigenvalue weighted by molar-refractivity contribution is 8.02. The van der Waals surface area contributed by atoms with Crippen molar-refractivity contribution in [3.8, 4) is 11.5 Å². The Kier molecular flexibility index (Phi) is 6.93. The zero-order valence-electron chi connectivity index (χ0n) is 14.8. The van der Waals surface area contributed by atoms with Crippen LogP contribution in [0.25, 0.3) is 0 Å². The van der Waals surface area contributed by atoms with E-state index >= 15 is 0 Å². The number of thioether (sulfide) groups is 2. The Balaban J connectivity index is 1.77. The Morgan fingerprint density at radius 3 is 1.42 bits per heavy atom. The molecular formula is C20H26O2S2. The molecular weight excluding hydrogens is 336 g/mol. The van der Waals surface area contributed by atoms with E-state index in [9.17, 15) is 10.2 Å². The van der Waals surface area contributed by atoms with Crippen LogP contribution in [-0.4, -0.2) is 21.7 Å². The third-order valence-corrected chi connectivity index (χ3v) is 6.21.